The van der Waals surface area contributed by atoms with E-state index in [1.54, 1.807) is 6.19 Å². The molecule has 0 spiro atoms. The maximum Gasteiger partial charge on any atom is 1.00 e. The Kier molecular flexibility index (Phi) is 12.4. The van der Waals surface area contributed by atoms with E-state index in [0.717, 1.165) is 12.1 Å². The fraction of sp³-hybridized carbons (Fsp3) is 0.143. The van der Waals surface area contributed by atoms with Crippen LogP contribution in [0.2, 0.25) is 5.28 Å². The summed E-state index contributed by atoms with van der Waals surface area (Å²) in [7, 11) is -15.9. The number of anilines is 4. The molecule has 4 N–H and O–H groups in total. The van der Waals surface area contributed by atoms with Gasteiger partial charge in [0.15, 0.2) is 16.0 Å². The Hall–Kier alpha value is -2.34. The number of halogens is 1. The van der Waals surface area contributed by atoms with Crippen LogP contribution in [0.3, 0.4) is 0 Å². The molecular formula is C21H16ClLiN7NaO10S3. The van der Waals surface area contributed by atoms with E-state index >= 15 is 0 Å². The van der Waals surface area contributed by atoms with E-state index in [1.807, 2.05) is 0 Å². The summed E-state index contributed by atoms with van der Waals surface area (Å²) in [4.78, 5) is 8.12. The van der Waals surface area contributed by atoms with Crippen molar-refractivity contribution in [1.29, 1.82) is 5.26 Å². The molecule has 1 unspecified atom stereocenters. The smallest absolute Gasteiger partial charge is 0.743 e. The van der Waals surface area contributed by atoms with Gasteiger partial charge in [-0.25, -0.2) is 25.3 Å². The van der Waals surface area contributed by atoms with Crippen LogP contribution in [0.4, 0.5) is 23.3 Å². The third kappa shape index (κ3) is 8.27. The van der Waals surface area contributed by atoms with Crippen molar-refractivity contribution in [3.63, 3.8) is 0 Å². The van der Waals surface area contributed by atoms with Crippen LogP contribution in [-0.4, -0.2) is 66.8 Å². The molecule has 23 heteroatoms. The Morgan fingerprint density at radius 2 is 1.66 bits per heavy atom. The van der Waals surface area contributed by atoms with Crippen LogP contribution in [0.5, 0.6) is 0 Å². The molecule has 44 heavy (non-hydrogen) atoms. The minimum Gasteiger partial charge on any atom is -0.743 e. The van der Waals surface area contributed by atoms with Gasteiger partial charge in [0.05, 0.1) is 12.4 Å². The first kappa shape index (κ1) is 37.8. The van der Waals surface area contributed by atoms with Crippen LogP contribution in [0.25, 0.3) is 5.57 Å². The van der Waals surface area contributed by atoms with E-state index in [0.29, 0.717) is 0 Å². The maximum atomic E-state index is 13.6. The van der Waals surface area contributed by atoms with Gasteiger partial charge in [-0.3, -0.25) is 9.50 Å². The standard InChI is InChI=1S/C21H18ClN7O10S3.Li.Na/c22-18-27-19(24-11-23)29-20(28-18)25-13-6-7-14-15(10-13)26-17(41(33,34)35)16(12-4-2-1-3-5-12)21(14,30)40(31,32)9-8-39-42(36,37)38;;/h1-7,10,26,30H,8-9H2,(H,33,34,35)(H,36,37,38)(H2,24,25,27,28,29);;/q;2*+1/p-2. The van der Waals surface area contributed by atoms with Gasteiger partial charge in [0.2, 0.25) is 32.5 Å². The number of nitrogens with one attached hydrogen (secondary N) is 3. The van der Waals surface area contributed by atoms with Crippen molar-refractivity contribution in [3.05, 3.63) is 70.0 Å². The molecule has 1 atom stereocenters. The fourth-order valence-electron chi connectivity index (χ4n) is 3.97. The van der Waals surface area contributed by atoms with Crippen LogP contribution < -0.4 is 64.4 Å². The van der Waals surface area contributed by atoms with Gasteiger partial charge in [-0.1, -0.05) is 36.4 Å². The molecule has 222 valence electrons. The molecule has 17 nitrogen and oxygen atoms in total. The Labute approximate surface area is 290 Å². The first-order valence-corrected chi connectivity index (χ1v) is 15.9. The number of aromatic nitrogens is 3. The SMILES string of the molecule is N#CNc1nc(Cl)nc(Nc2ccc3c(c2)NC(S(=O)(=O)[O-])=C(c2ccccc2)C3(O)S(=O)(=O)CCOS(=O)(=O)[O-])n1.[Li+].[Na+]. The number of nitriles is 1. The molecule has 1 aliphatic rings. The molecule has 0 saturated carbocycles. The van der Waals surface area contributed by atoms with Gasteiger partial charge >= 0.3 is 48.4 Å². The van der Waals surface area contributed by atoms with Crippen molar-refractivity contribution in [2.24, 2.45) is 0 Å². The Morgan fingerprint density at radius 1 is 1.02 bits per heavy atom. The third-order valence-electron chi connectivity index (χ3n) is 5.57. The summed E-state index contributed by atoms with van der Waals surface area (Å²) in [6, 6.07) is 10.2. The normalized spacial score (nSPS) is 16.3. The second-order valence-electron chi connectivity index (χ2n) is 8.22. The van der Waals surface area contributed by atoms with Gasteiger partial charge in [-0.15, -0.1) is 0 Å². The van der Waals surface area contributed by atoms with E-state index in [-0.39, 0.29) is 82.5 Å². The molecule has 0 fully saturated rings. The van der Waals surface area contributed by atoms with E-state index in [2.05, 4.69) is 35.1 Å². The van der Waals surface area contributed by atoms with Gasteiger partial charge < -0.3 is 24.8 Å². The summed E-state index contributed by atoms with van der Waals surface area (Å²) in [5.74, 6) is -1.72. The molecule has 1 aliphatic heterocycles. The maximum absolute atomic E-state index is 13.6. The van der Waals surface area contributed by atoms with Gasteiger partial charge in [0.25, 0.3) is 0 Å². The quantitative estimate of drug-likeness (QED) is 0.0508. The number of rotatable bonds is 10. The van der Waals surface area contributed by atoms with Crippen molar-refractivity contribution >= 4 is 70.8 Å². The second-order valence-corrected chi connectivity index (χ2v) is 13.2. The minimum atomic E-state index is -5.52. The Balaban J connectivity index is 0.00000337. The average Bonchev–Trinajstić information content (AvgIpc) is 2.87. The van der Waals surface area contributed by atoms with Gasteiger partial charge in [0, 0.05) is 22.5 Å². The van der Waals surface area contributed by atoms with Crippen molar-refractivity contribution in [3.8, 4) is 6.19 Å². The summed E-state index contributed by atoms with van der Waals surface area (Å²) >= 11 is 5.83. The Bertz CT molecular complexity index is 1970. The Morgan fingerprint density at radius 3 is 2.25 bits per heavy atom. The van der Waals surface area contributed by atoms with Crippen molar-refractivity contribution in [1.82, 2.24) is 15.0 Å². The largest absolute Gasteiger partial charge is 1.00 e. The zero-order valence-corrected chi connectivity index (χ0v) is 27.8. The summed E-state index contributed by atoms with van der Waals surface area (Å²) in [6.45, 7) is -1.22. The third-order valence-corrected chi connectivity index (χ3v) is 9.03. The zero-order chi connectivity index (χ0) is 30.9. The second kappa shape index (κ2) is 14.4. The van der Waals surface area contributed by atoms with Crippen molar-refractivity contribution < 1.29 is 92.1 Å². The summed E-state index contributed by atoms with van der Waals surface area (Å²) in [5.41, 5.74) is -1.85. The molecule has 2 aromatic carbocycles. The number of sulfone groups is 1. The van der Waals surface area contributed by atoms with E-state index in [9.17, 15) is 39.5 Å². The fourth-order valence-corrected chi connectivity index (χ4v) is 6.98. The number of aliphatic hydroxyl groups is 1. The number of hydrogen-bond donors (Lipinski definition) is 4. The molecular weight excluding hydrogens is 672 g/mol. The molecule has 4 rings (SSSR count). The van der Waals surface area contributed by atoms with E-state index in [1.165, 1.54) is 36.4 Å². The predicted octanol–water partition coefficient (Wildman–Crippen LogP) is -5.45. The topological polar surface area (TPSA) is 277 Å². The van der Waals surface area contributed by atoms with Gasteiger partial charge in [-0.05, 0) is 29.3 Å². The monoisotopic (exact) mass is 687 g/mol. The van der Waals surface area contributed by atoms with Crippen LogP contribution in [0, 0.1) is 11.5 Å². The van der Waals surface area contributed by atoms with Gasteiger partial charge in [-0.2, -0.15) is 20.2 Å². The molecule has 0 aliphatic carbocycles. The summed E-state index contributed by atoms with van der Waals surface area (Å²) in [6.07, 6.45) is 1.59. The van der Waals surface area contributed by atoms with Gasteiger partial charge in [0.1, 0.15) is 15.1 Å². The minimum absolute atomic E-state index is 0. The van der Waals surface area contributed by atoms with E-state index in [4.69, 9.17) is 16.9 Å². The van der Waals surface area contributed by atoms with Crippen LogP contribution in [-0.2, 0) is 39.5 Å². The van der Waals surface area contributed by atoms with Crippen LogP contribution in [0.15, 0.2) is 53.6 Å². The first-order chi connectivity index (χ1) is 19.5. The number of benzene rings is 2. The zero-order valence-electron chi connectivity index (χ0n) is 22.5. The summed E-state index contributed by atoms with van der Waals surface area (Å²) in [5, 5.41) is 26.4. The molecule has 2 heterocycles. The molecule has 0 radical (unpaired) electrons. The first-order valence-electron chi connectivity index (χ1n) is 11.1. The molecule has 0 bridgehead atoms. The van der Waals surface area contributed by atoms with E-state index < -0.39 is 63.8 Å². The van der Waals surface area contributed by atoms with Crippen molar-refractivity contribution in [2.45, 2.75) is 4.93 Å². The number of fused-ring (bicyclic) bond motifs is 1. The molecule has 1 aromatic heterocycles. The molecule has 0 amide bonds. The predicted molar refractivity (Wildman–Crippen MR) is 144 cm³/mol. The molecule has 0 saturated heterocycles. The van der Waals surface area contributed by atoms with Crippen LogP contribution in [0.1, 0.15) is 11.1 Å². The number of nitrogens with zero attached hydrogens (tertiary/aromatic N) is 4. The molecule has 3 aromatic rings. The van der Waals surface area contributed by atoms with Crippen LogP contribution >= 0.6 is 11.6 Å². The summed E-state index contributed by atoms with van der Waals surface area (Å²) < 4.78 is 101. The van der Waals surface area contributed by atoms with Crippen molar-refractivity contribution in [2.75, 3.05) is 28.3 Å². The average molecular weight is 688 g/mol. The number of hydrogen-bond acceptors (Lipinski definition) is 17.